The molecule has 6 heteroatoms. The number of benzene rings is 1. The van der Waals surface area contributed by atoms with Crippen LogP contribution in [0.1, 0.15) is 39.2 Å². The summed E-state index contributed by atoms with van der Waals surface area (Å²) in [4.78, 5) is 15.3. The summed E-state index contributed by atoms with van der Waals surface area (Å²) in [7, 11) is 1.77. The van der Waals surface area contributed by atoms with Crippen molar-refractivity contribution in [3.05, 3.63) is 29.8 Å². The third-order valence-electron chi connectivity index (χ3n) is 3.64. The van der Waals surface area contributed by atoms with Crippen LogP contribution >= 0.6 is 24.0 Å². The summed E-state index contributed by atoms with van der Waals surface area (Å²) in [5, 5.41) is 9.44. The van der Waals surface area contributed by atoms with Gasteiger partial charge < -0.3 is 16.0 Å². The fourth-order valence-electron chi connectivity index (χ4n) is 2.19. The third-order valence-corrected chi connectivity index (χ3v) is 3.64. The van der Waals surface area contributed by atoms with Crippen molar-refractivity contribution in [1.29, 1.82) is 0 Å². The van der Waals surface area contributed by atoms with Crippen LogP contribution in [0.2, 0.25) is 0 Å². The maximum absolute atomic E-state index is 11.1. The summed E-state index contributed by atoms with van der Waals surface area (Å²) in [5.74, 6) is 1.41. The van der Waals surface area contributed by atoms with Gasteiger partial charge in [0, 0.05) is 32.7 Å². The number of halogens is 1. The normalized spacial score (nSPS) is 10.9. The van der Waals surface area contributed by atoms with E-state index in [2.05, 4.69) is 34.8 Å². The molecule has 0 aliphatic rings. The summed E-state index contributed by atoms with van der Waals surface area (Å²) in [6.45, 7) is 7.52. The molecule has 1 aromatic carbocycles. The molecule has 0 heterocycles. The number of hydrogen-bond donors (Lipinski definition) is 3. The van der Waals surface area contributed by atoms with Gasteiger partial charge in [0.1, 0.15) is 0 Å². The van der Waals surface area contributed by atoms with Crippen molar-refractivity contribution in [3.8, 4) is 0 Å². The molecule has 0 unspecified atom stereocenters. The van der Waals surface area contributed by atoms with E-state index in [1.54, 1.807) is 7.05 Å². The fraction of sp³-hybridized carbons (Fsp3) is 0.529. The molecule has 0 aliphatic heterocycles. The van der Waals surface area contributed by atoms with E-state index >= 15 is 0 Å². The minimum absolute atomic E-state index is 0. The summed E-state index contributed by atoms with van der Waals surface area (Å²) in [6.07, 6.45) is 2.33. The van der Waals surface area contributed by atoms with Gasteiger partial charge in [-0.25, -0.2) is 0 Å². The lowest BCUT2D eigenvalue weighted by Crippen LogP contribution is -2.39. The number of carbonyl (C=O) groups excluding carboxylic acids is 1. The van der Waals surface area contributed by atoms with Crippen LogP contribution in [0.5, 0.6) is 0 Å². The molecule has 0 bridgehead atoms. The molecule has 5 nitrogen and oxygen atoms in total. The maximum atomic E-state index is 11.1. The van der Waals surface area contributed by atoms with Crippen LogP contribution in [0.3, 0.4) is 0 Å². The van der Waals surface area contributed by atoms with Crippen LogP contribution in [-0.4, -0.2) is 25.5 Å². The molecule has 0 saturated carbocycles. The Kier molecular flexibility index (Phi) is 11.5. The van der Waals surface area contributed by atoms with Gasteiger partial charge in [-0.05, 0) is 23.6 Å². The van der Waals surface area contributed by atoms with Crippen LogP contribution in [0.25, 0.3) is 0 Å². The Balaban J connectivity index is 0.00000484. The van der Waals surface area contributed by atoms with Crippen molar-refractivity contribution < 1.29 is 4.79 Å². The van der Waals surface area contributed by atoms with Crippen LogP contribution in [0.4, 0.5) is 5.69 Å². The number of anilines is 1. The predicted octanol–water partition coefficient (Wildman–Crippen LogP) is 3.36. The van der Waals surface area contributed by atoms with Gasteiger partial charge in [-0.15, -0.1) is 24.0 Å². The topological polar surface area (TPSA) is 65.5 Å². The number of nitrogens with zero attached hydrogens (tertiary/aromatic N) is 1. The van der Waals surface area contributed by atoms with E-state index in [9.17, 15) is 4.79 Å². The SMILES string of the molecule is CCC(CC)CNC(=NC)NCc1cccc(NC(C)=O)c1.I. The molecule has 1 amide bonds. The molecule has 1 rings (SSSR count). The van der Waals surface area contributed by atoms with Crippen molar-refractivity contribution in [3.63, 3.8) is 0 Å². The summed E-state index contributed by atoms with van der Waals surface area (Å²) < 4.78 is 0. The monoisotopic (exact) mass is 432 g/mol. The second-order valence-corrected chi connectivity index (χ2v) is 5.37. The van der Waals surface area contributed by atoms with Gasteiger partial charge in [0.25, 0.3) is 0 Å². The molecule has 3 N–H and O–H groups in total. The fourth-order valence-corrected chi connectivity index (χ4v) is 2.19. The van der Waals surface area contributed by atoms with Gasteiger partial charge in [0.05, 0.1) is 0 Å². The lowest BCUT2D eigenvalue weighted by molar-refractivity contribution is -0.114. The number of hydrogen-bond acceptors (Lipinski definition) is 2. The number of nitrogens with one attached hydrogen (secondary N) is 3. The Morgan fingerprint density at radius 3 is 2.48 bits per heavy atom. The molecule has 1 aromatic rings. The highest BCUT2D eigenvalue weighted by Crippen LogP contribution is 2.10. The lowest BCUT2D eigenvalue weighted by Gasteiger charge is -2.17. The second-order valence-electron chi connectivity index (χ2n) is 5.37. The molecule has 0 spiro atoms. The summed E-state index contributed by atoms with van der Waals surface area (Å²) in [6, 6.07) is 7.79. The minimum Gasteiger partial charge on any atom is -0.356 e. The molecule has 23 heavy (non-hydrogen) atoms. The first-order valence-corrected chi connectivity index (χ1v) is 7.90. The Bertz CT molecular complexity index is 501. The summed E-state index contributed by atoms with van der Waals surface area (Å²) >= 11 is 0. The number of rotatable bonds is 7. The van der Waals surface area contributed by atoms with E-state index in [0.717, 1.165) is 23.8 Å². The quantitative estimate of drug-likeness (QED) is 0.352. The predicted molar refractivity (Wildman–Crippen MR) is 108 cm³/mol. The highest BCUT2D eigenvalue weighted by atomic mass is 127. The molecule has 0 aromatic heterocycles. The average Bonchev–Trinajstić information content (AvgIpc) is 2.51. The largest absolute Gasteiger partial charge is 0.356 e. The van der Waals surface area contributed by atoms with E-state index in [1.165, 1.54) is 19.8 Å². The van der Waals surface area contributed by atoms with Gasteiger partial charge in [-0.1, -0.05) is 38.8 Å². The van der Waals surface area contributed by atoms with Crippen molar-refractivity contribution >= 4 is 41.5 Å². The minimum atomic E-state index is -0.0623. The zero-order valence-corrected chi connectivity index (χ0v) is 16.8. The number of amides is 1. The van der Waals surface area contributed by atoms with Gasteiger partial charge in [0.15, 0.2) is 5.96 Å². The first-order chi connectivity index (χ1) is 10.6. The molecule has 0 radical (unpaired) electrons. The number of guanidine groups is 1. The molecule has 130 valence electrons. The zero-order chi connectivity index (χ0) is 16.4. The van der Waals surface area contributed by atoms with E-state index < -0.39 is 0 Å². The molecular formula is C17H29IN4O. The molecular weight excluding hydrogens is 403 g/mol. The number of aliphatic imine (C=N–C) groups is 1. The van der Waals surface area contributed by atoms with Crippen molar-refractivity contribution in [2.45, 2.75) is 40.2 Å². The smallest absolute Gasteiger partial charge is 0.221 e. The zero-order valence-electron chi connectivity index (χ0n) is 14.5. The highest BCUT2D eigenvalue weighted by Gasteiger charge is 2.05. The van der Waals surface area contributed by atoms with Gasteiger partial charge >= 0.3 is 0 Å². The van der Waals surface area contributed by atoms with Crippen LogP contribution in [0.15, 0.2) is 29.3 Å². The van der Waals surface area contributed by atoms with E-state index in [-0.39, 0.29) is 29.9 Å². The van der Waals surface area contributed by atoms with E-state index in [0.29, 0.717) is 12.5 Å². The average molecular weight is 432 g/mol. The van der Waals surface area contributed by atoms with Crippen molar-refractivity contribution in [1.82, 2.24) is 10.6 Å². The Labute approximate surface area is 156 Å². The molecule has 0 atom stereocenters. The lowest BCUT2D eigenvalue weighted by atomic mass is 10.0. The molecule has 0 fully saturated rings. The van der Waals surface area contributed by atoms with Crippen LogP contribution in [-0.2, 0) is 11.3 Å². The second kappa shape index (κ2) is 12.2. The Morgan fingerprint density at radius 1 is 1.22 bits per heavy atom. The van der Waals surface area contributed by atoms with E-state index in [4.69, 9.17) is 0 Å². The number of carbonyl (C=O) groups is 1. The Morgan fingerprint density at radius 2 is 1.91 bits per heavy atom. The third kappa shape index (κ3) is 8.78. The highest BCUT2D eigenvalue weighted by molar-refractivity contribution is 14.0. The first-order valence-electron chi connectivity index (χ1n) is 7.90. The maximum Gasteiger partial charge on any atom is 0.221 e. The van der Waals surface area contributed by atoms with Crippen molar-refractivity contribution in [2.24, 2.45) is 10.9 Å². The Hall–Kier alpha value is -1.31. The van der Waals surface area contributed by atoms with E-state index in [1.807, 2.05) is 24.3 Å². The van der Waals surface area contributed by atoms with Crippen LogP contribution < -0.4 is 16.0 Å². The van der Waals surface area contributed by atoms with Crippen LogP contribution in [0, 0.1) is 5.92 Å². The standard InChI is InChI=1S/C17H28N4O.HI/c1-5-14(6-2)11-19-17(18-4)20-12-15-8-7-9-16(10-15)21-13(3)22;/h7-10,14H,5-6,11-12H2,1-4H3,(H,21,22)(H2,18,19,20);1H. The summed E-state index contributed by atoms with van der Waals surface area (Å²) in [5.41, 5.74) is 1.91. The van der Waals surface area contributed by atoms with Gasteiger partial charge in [-0.3, -0.25) is 9.79 Å². The first kappa shape index (κ1) is 21.7. The van der Waals surface area contributed by atoms with Crippen molar-refractivity contribution in [2.75, 3.05) is 18.9 Å². The van der Waals surface area contributed by atoms with Gasteiger partial charge in [-0.2, -0.15) is 0 Å². The molecule has 0 saturated heterocycles. The molecule has 0 aliphatic carbocycles. The van der Waals surface area contributed by atoms with Gasteiger partial charge in [0.2, 0.25) is 5.91 Å².